The molecule has 0 radical (unpaired) electrons. The lowest BCUT2D eigenvalue weighted by Crippen LogP contribution is -2.43. The number of carboxylic acid groups (broad SMARTS) is 2. The molecule has 0 fully saturated rings. The standard InChI is InChI=1S/C11H14O2.C9H14O7/c1-2-11(12)13-9-8-10-6-4-3-5-7-10;1-5(2)16-7(12)4-9(15,8(13)14)3-6(10)11/h3-7H,2,8-9H2,1H3;5,15H,3-4H2,1-2H3,(H,10,11)(H,13,14). The van der Waals surface area contributed by atoms with Crippen LogP contribution in [-0.2, 0) is 35.1 Å². The second-order valence-corrected chi connectivity index (χ2v) is 6.43. The second-order valence-electron chi connectivity index (χ2n) is 6.43. The van der Waals surface area contributed by atoms with E-state index in [9.17, 15) is 24.3 Å². The number of benzene rings is 1. The van der Waals surface area contributed by atoms with Crippen LogP contribution in [0, 0.1) is 0 Å². The number of rotatable bonds is 10. The zero-order valence-corrected chi connectivity index (χ0v) is 16.8. The summed E-state index contributed by atoms with van der Waals surface area (Å²) in [5.74, 6) is -4.37. The van der Waals surface area contributed by atoms with Crippen molar-refractivity contribution in [2.24, 2.45) is 0 Å². The Bertz CT molecular complexity index is 670. The van der Waals surface area contributed by atoms with Crippen molar-refractivity contribution in [3.05, 3.63) is 35.9 Å². The molecule has 1 aromatic rings. The summed E-state index contributed by atoms with van der Waals surface area (Å²) in [6.07, 6.45) is -1.17. The lowest BCUT2D eigenvalue weighted by atomic mass is 9.96. The van der Waals surface area contributed by atoms with Gasteiger partial charge in [-0.25, -0.2) is 4.79 Å². The summed E-state index contributed by atoms with van der Waals surface area (Å²) in [5.41, 5.74) is -1.43. The summed E-state index contributed by atoms with van der Waals surface area (Å²) in [7, 11) is 0. The van der Waals surface area contributed by atoms with E-state index in [1.54, 1.807) is 20.8 Å². The van der Waals surface area contributed by atoms with Gasteiger partial charge in [0, 0.05) is 12.8 Å². The van der Waals surface area contributed by atoms with Gasteiger partial charge in [0.1, 0.15) is 0 Å². The van der Waals surface area contributed by atoms with Crippen LogP contribution in [0.4, 0.5) is 0 Å². The van der Waals surface area contributed by atoms with Gasteiger partial charge in [0.15, 0.2) is 5.60 Å². The molecule has 1 unspecified atom stereocenters. The molecule has 0 aliphatic carbocycles. The molecule has 162 valence electrons. The summed E-state index contributed by atoms with van der Waals surface area (Å²) >= 11 is 0. The average molecular weight is 412 g/mol. The number of hydrogen-bond donors (Lipinski definition) is 3. The van der Waals surface area contributed by atoms with Gasteiger partial charge >= 0.3 is 23.9 Å². The number of aliphatic carboxylic acids is 2. The molecule has 29 heavy (non-hydrogen) atoms. The third-order valence-electron chi connectivity index (χ3n) is 3.43. The highest BCUT2D eigenvalue weighted by Gasteiger charge is 2.41. The lowest BCUT2D eigenvalue weighted by Gasteiger charge is -2.20. The Morgan fingerprint density at radius 1 is 1.00 bits per heavy atom. The fourth-order valence-corrected chi connectivity index (χ4v) is 2.04. The summed E-state index contributed by atoms with van der Waals surface area (Å²) < 4.78 is 9.58. The molecule has 0 aromatic heterocycles. The van der Waals surface area contributed by atoms with Crippen molar-refractivity contribution in [3.63, 3.8) is 0 Å². The molecule has 0 aliphatic rings. The minimum absolute atomic E-state index is 0.129. The van der Waals surface area contributed by atoms with Crippen molar-refractivity contribution in [2.75, 3.05) is 6.61 Å². The van der Waals surface area contributed by atoms with Gasteiger partial charge in [0.25, 0.3) is 0 Å². The first kappa shape index (κ1) is 26.1. The molecule has 1 aromatic carbocycles. The van der Waals surface area contributed by atoms with E-state index in [0.29, 0.717) is 13.0 Å². The topological polar surface area (TPSA) is 147 Å². The maximum absolute atomic E-state index is 11.1. The Hall–Kier alpha value is -2.94. The van der Waals surface area contributed by atoms with Crippen LogP contribution in [0.3, 0.4) is 0 Å². The first-order valence-electron chi connectivity index (χ1n) is 9.06. The van der Waals surface area contributed by atoms with E-state index < -0.39 is 42.5 Å². The van der Waals surface area contributed by atoms with E-state index in [-0.39, 0.29) is 5.97 Å². The van der Waals surface area contributed by atoms with Crippen LogP contribution in [-0.4, -0.2) is 57.5 Å². The number of ether oxygens (including phenoxy) is 2. The summed E-state index contributed by atoms with van der Waals surface area (Å²) in [4.78, 5) is 42.9. The van der Waals surface area contributed by atoms with Gasteiger partial charge in [0.2, 0.25) is 0 Å². The first-order valence-corrected chi connectivity index (χ1v) is 9.06. The summed E-state index contributed by atoms with van der Waals surface area (Å²) in [6.45, 7) is 5.38. The van der Waals surface area contributed by atoms with Crippen LogP contribution in [0.15, 0.2) is 30.3 Å². The first-order chi connectivity index (χ1) is 13.5. The zero-order chi connectivity index (χ0) is 22.4. The van der Waals surface area contributed by atoms with Crippen LogP contribution in [0.25, 0.3) is 0 Å². The average Bonchev–Trinajstić information content (AvgIpc) is 2.61. The highest BCUT2D eigenvalue weighted by atomic mass is 16.5. The lowest BCUT2D eigenvalue weighted by molar-refractivity contribution is -0.173. The molecule has 0 amide bonds. The van der Waals surface area contributed by atoms with Gasteiger partial charge in [-0.15, -0.1) is 0 Å². The Kier molecular flexibility index (Phi) is 11.9. The van der Waals surface area contributed by atoms with E-state index >= 15 is 0 Å². The Balaban J connectivity index is 0.000000551. The SMILES string of the molecule is CC(C)OC(=O)CC(O)(CC(=O)O)C(=O)O.CCC(=O)OCCc1ccccc1. The highest BCUT2D eigenvalue weighted by molar-refractivity contribution is 5.88. The smallest absolute Gasteiger partial charge is 0.336 e. The van der Waals surface area contributed by atoms with Gasteiger partial charge in [-0.05, 0) is 19.4 Å². The molecule has 1 atom stereocenters. The molecule has 3 N–H and O–H groups in total. The molecular formula is C20H28O9. The van der Waals surface area contributed by atoms with Crippen molar-refractivity contribution in [2.45, 2.75) is 58.2 Å². The van der Waals surface area contributed by atoms with E-state index in [2.05, 4.69) is 4.74 Å². The Morgan fingerprint density at radius 2 is 1.59 bits per heavy atom. The summed E-state index contributed by atoms with van der Waals surface area (Å²) in [5, 5.41) is 26.5. The maximum Gasteiger partial charge on any atom is 0.336 e. The largest absolute Gasteiger partial charge is 0.481 e. The highest BCUT2D eigenvalue weighted by Crippen LogP contribution is 2.17. The Morgan fingerprint density at radius 3 is 2.03 bits per heavy atom. The number of carboxylic acids is 2. The maximum atomic E-state index is 11.1. The van der Waals surface area contributed by atoms with E-state index in [1.165, 1.54) is 5.56 Å². The number of aliphatic hydroxyl groups is 1. The molecule has 9 nitrogen and oxygen atoms in total. The van der Waals surface area contributed by atoms with Crippen LogP contribution in [0.5, 0.6) is 0 Å². The fourth-order valence-electron chi connectivity index (χ4n) is 2.04. The van der Waals surface area contributed by atoms with Gasteiger partial charge < -0.3 is 24.8 Å². The molecule has 0 heterocycles. The predicted octanol–water partition coefficient (Wildman–Crippen LogP) is 1.80. The van der Waals surface area contributed by atoms with Crippen molar-refractivity contribution < 1.29 is 44.0 Å². The van der Waals surface area contributed by atoms with Gasteiger partial charge in [0.05, 0.1) is 25.6 Å². The third-order valence-corrected chi connectivity index (χ3v) is 3.43. The molecular weight excluding hydrogens is 384 g/mol. The van der Waals surface area contributed by atoms with Crippen LogP contribution >= 0.6 is 0 Å². The van der Waals surface area contributed by atoms with Crippen molar-refractivity contribution in [3.8, 4) is 0 Å². The van der Waals surface area contributed by atoms with Crippen molar-refractivity contribution >= 4 is 23.9 Å². The Labute approximate surface area is 169 Å². The molecule has 0 spiro atoms. The molecule has 0 saturated carbocycles. The quantitative estimate of drug-likeness (QED) is 0.489. The molecule has 0 bridgehead atoms. The number of carbonyl (C=O) groups excluding carboxylic acids is 2. The van der Waals surface area contributed by atoms with E-state index in [0.717, 1.165) is 6.42 Å². The van der Waals surface area contributed by atoms with Crippen LogP contribution < -0.4 is 0 Å². The van der Waals surface area contributed by atoms with Gasteiger partial charge in [-0.2, -0.15) is 0 Å². The zero-order valence-electron chi connectivity index (χ0n) is 16.8. The van der Waals surface area contributed by atoms with Crippen LogP contribution in [0.1, 0.15) is 45.6 Å². The number of esters is 2. The predicted molar refractivity (Wildman–Crippen MR) is 102 cm³/mol. The normalized spacial score (nSPS) is 12.2. The number of carbonyl (C=O) groups is 4. The molecule has 0 saturated heterocycles. The minimum Gasteiger partial charge on any atom is -0.481 e. The third kappa shape index (κ3) is 12.2. The fraction of sp³-hybridized carbons (Fsp3) is 0.500. The second kappa shape index (κ2) is 13.3. The van der Waals surface area contributed by atoms with Crippen molar-refractivity contribution in [1.29, 1.82) is 0 Å². The molecule has 0 aliphatic heterocycles. The summed E-state index contributed by atoms with van der Waals surface area (Å²) in [6, 6.07) is 10.00. The van der Waals surface area contributed by atoms with Gasteiger partial charge in [-0.1, -0.05) is 37.3 Å². The van der Waals surface area contributed by atoms with E-state index in [4.69, 9.17) is 14.9 Å². The monoisotopic (exact) mass is 412 g/mol. The van der Waals surface area contributed by atoms with Gasteiger partial charge in [-0.3, -0.25) is 14.4 Å². The molecule has 9 heteroatoms. The number of hydrogen-bond acceptors (Lipinski definition) is 7. The minimum atomic E-state index is -2.63. The van der Waals surface area contributed by atoms with Crippen molar-refractivity contribution in [1.82, 2.24) is 0 Å². The molecule has 1 rings (SSSR count). The van der Waals surface area contributed by atoms with Crippen LogP contribution in [0.2, 0.25) is 0 Å². The van der Waals surface area contributed by atoms with E-state index in [1.807, 2.05) is 30.3 Å².